The number of nitrogens with one attached hydrogen (secondary N) is 2. The van der Waals surface area contributed by atoms with Crippen LogP contribution >= 0.6 is 11.3 Å². The van der Waals surface area contributed by atoms with Crippen LogP contribution in [0.15, 0.2) is 18.2 Å². The number of carbonyl (C=O) groups excluding carboxylic acids is 1. The van der Waals surface area contributed by atoms with Gasteiger partial charge in [0.2, 0.25) is 0 Å². The molecule has 2 rings (SSSR count). The molecule has 0 aliphatic rings. The van der Waals surface area contributed by atoms with E-state index in [1.165, 1.54) is 0 Å². The molecule has 0 unspecified atom stereocenters. The van der Waals surface area contributed by atoms with Crippen molar-refractivity contribution in [2.75, 3.05) is 25.0 Å². The number of aromatic nitrogens is 1. The monoisotopic (exact) mass is 348 g/mol. The lowest BCUT2D eigenvalue weighted by Crippen LogP contribution is -2.42. The Hall–Kier alpha value is -1.66. The Bertz CT molecular complexity index is 673. The fraction of sp³-hybridized carbons (Fsp3) is 0.556. The van der Waals surface area contributed by atoms with Crippen molar-refractivity contribution in [2.45, 2.75) is 46.7 Å². The highest BCUT2D eigenvalue weighted by atomic mass is 32.1. The highest BCUT2D eigenvalue weighted by molar-refractivity contribution is 7.22. The normalized spacial score (nSPS) is 11.7. The number of hydrogen-bond acceptors (Lipinski definition) is 5. The fourth-order valence-electron chi connectivity index (χ4n) is 2.81. The summed E-state index contributed by atoms with van der Waals surface area (Å²) in [5.74, 6) is -0.0252. The molecule has 1 aromatic carbocycles. The Morgan fingerprint density at radius 3 is 2.58 bits per heavy atom. The topological polar surface area (TPSA) is 57.3 Å². The molecule has 0 bridgehead atoms. The first-order valence-corrected chi connectivity index (χ1v) is 9.42. The molecule has 0 radical (unpaired) electrons. The van der Waals surface area contributed by atoms with Crippen LogP contribution in [0.5, 0.6) is 0 Å². The van der Waals surface area contributed by atoms with E-state index in [4.69, 9.17) is 0 Å². The number of carbonyl (C=O) groups is 1. The number of benzene rings is 1. The van der Waals surface area contributed by atoms with E-state index in [1.54, 1.807) is 11.3 Å². The average molecular weight is 349 g/mol. The smallest absolute Gasteiger partial charge is 0.251 e. The highest BCUT2D eigenvalue weighted by Gasteiger charge is 2.14. The summed E-state index contributed by atoms with van der Waals surface area (Å²) in [6, 6.07) is 6.62. The van der Waals surface area contributed by atoms with Crippen molar-refractivity contribution in [2.24, 2.45) is 0 Å². The second-order valence-corrected chi connectivity index (χ2v) is 7.44. The van der Waals surface area contributed by atoms with Crippen LogP contribution in [0.25, 0.3) is 10.2 Å². The molecule has 5 nitrogen and oxygen atoms in total. The minimum Gasteiger partial charge on any atom is -0.362 e. The lowest BCUT2D eigenvalue weighted by Gasteiger charge is -2.30. The zero-order valence-electron chi connectivity index (χ0n) is 15.2. The number of thiazole rings is 1. The van der Waals surface area contributed by atoms with Gasteiger partial charge in [-0.05, 0) is 52.8 Å². The van der Waals surface area contributed by atoms with E-state index in [-0.39, 0.29) is 5.91 Å². The predicted octanol–water partition coefficient (Wildman–Crippen LogP) is 3.58. The van der Waals surface area contributed by atoms with Crippen LogP contribution in [-0.4, -0.2) is 47.5 Å². The first-order chi connectivity index (χ1) is 11.4. The molecule has 2 aromatic rings. The van der Waals surface area contributed by atoms with Gasteiger partial charge in [-0.2, -0.15) is 0 Å². The van der Waals surface area contributed by atoms with Gasteiger partial charge in [0.25, 0.3) is 5.91 Å². The molecule has 0 atom stereocenters. The summed E-state index contributed by atoms with van der Waals surface area (Å²) >= 11 is 1.58. The predicted molar refractivity (Wildman–Crippen MR) is 103 cm³/mol. The number of anilines is 1. The standard InChI is InChI=1S/C18H28N4OS/c1-6-19-18-21-15-8-7-14(11-16(15)24-18)17(23)20-9-10-22(12(2)3)13(4)5/h7-8,11-13H,6,9-10H2,1-5H3,(H,19,21)(H,20,23). The summed E-state index contributed by atoms with van der Waals surface area (Å²) in [7, 11) is 0. The van der Waals surface area contributed by atoms with Crippen LogP contribution in [0, 0.1) is 0 Å². The molecule has 1 amide bonds. The van der Waals surface area contributed by atoms with E-state index in [9.17, 15) is 4.79 Å². The molecule has 0 fully saturated rings. The van der Waals surface area contributed by atoms with E-state index >= 15 is 0 Å². The summed E-state index contributed by atoms with van der Waals surface area (Å²) in [6.07, 6.45) is 0. The maximum absolute atomic E-state index is 12.4. The third-order valence-electron chi connectivity index (χ3n) is 3.96. The zero-order valence-corrected chi connectivity index (χ0v) is 16.0. The van der Waals surface area contributed by atoms with Crippen molar-refractivity contribution < 1.29 is 4.79 Å². The number of hydrogen-bond donors (Lipinski definition) is 2. The van der Waals surface area contributed by atoms with Crippen LogP contribution in [0.1, 0.15) is 45.0 Å². The van der Waals surface area contributed by atoms with E-state index in [0.717, 1.165) is 28.4 Å². The number of fused-ring (bicyclic) bond motifs is 1. The average Bonchev–Trinajstić information content (AvgIpc) is 2.92. The summed E-state index contributed by atoms with van der Waals surface area (Å²) in [5.41, 5.74) is 1.62. The summed E-state index contributed by atoms with van der Waals surface area (Å²) in [5, 5.41) is 7.14. The summed E-state index contributed by atoms with van der Waals surface area (Å²) in [6.45, 7) is 13.1. The molecule has 0 aliphatic carbocycles. The van der Waals surface area contributed by atoms with E-state index < -0.39 is 0 Å². The van der Waals surface area contributed by atoms with Gasteiger partial charge >= 0.3 is 0 Å². The molecule has 0 aliphatic heterocycles. The molecule has 24 heavy (non-hydrogen) atoms. The summed E-state index contributed by atoms with van der Waals surface area (Å²) < 4.78 is 1.03. The van der Waals surface area contributed by atoms with Crippen LogP contribution in [0.4, 0.5) is 5.13 Å². The molecular weight excluding hydrogens is 320 g/mol. The number of nitrogens with zero attached hydrogens (tertiary/aromatic N) is 2. The van der Waals surface area contributed by atoms with Gasteiger partial charge in [-0.3, -0.25) is 9.69 Å². The molecule has 0 saturated heterocycles. The molecule has 0 spiro atoms. The Kier molecular flexibility index (Phi) is 6.57. The molecule has 6 heteroatoms. The Morgan fingerprint density at radius 2 is 1.96 bits per heavy atom. The van der Waals surface area contributed by atoms with Crippen molar-refractivity contribution in [3.05, 3.63) is 23.8 Å². The van der Waals surface area contributed by atoms with Crippen LogP contribution < -0.4 is 10.6 Å². The molecule has 0 saturated carbocycles. The minimum atomic E-state index is -0.0252. The van der Waals surface area contributed by atoms with Crippen molar-refractivity contribution in [3.8, 4) is 0 Å². The largest absolute Gasteiger partial charge is 0.362 e. The molecule has 1 heterocycles. The minimum absolute atomic E-state index is 0.0252. The first-order valence-electron chi connectivity index (χ1n) is 8.60. The lowest BCUT2D eigenvalue weighted by molar-refractivity contribution is 0.0939. The van der Waals surface area contributed by atoms with Gasteiger partial charge in [-0.15, -0.1) is 0 Å². The van der Waals surface area contributed by atoms with E-state index in [1.807, 2.05) is 25.1 Å². The van der Waals surface area contributed by atoms with Gasteiger partial charge < -0.3 is 10.6 Å². The molecule has 1 aromatic heterocycles. The van der Waals surface area contributed by atoms with Gasteiger partial charge in [-0.25, -0.2) is 4.98 Å². The molecular formula is C18H28N4OS. The van der Waals surface area contributed by atoms with Crippen molar-refractivity contribution in [3.63, 3.8) is 0 Å². The summed E-state index contributed by atoms with van der Waals surface area (Å²) in [4.78, 5) is 19.2. The first kappa shape index (κ1) is 18.7. The highest BCUT2D eigenvalue weighted by Crippen LogP contribution is 2.26. The quantitative estimate of drug-likeness (QED) is 0.766. The Labute approximate surface area is 148 Å². The second-order valence-electron chi connectivity index (χ2n) is 6.41. The van der Waals surface area contributed by atoms with Crippen molar-refractivity contribution >= 4 is 32.6 Å². The number of amides is 1. The third-order valence-corrected chi connectivity index (χ3v) is 4.94. The van der Waals surface area contributed by atoms with Crippen LogP contribution in [0.2, 0.25) is 0 Å². The zero-order chi connectivity index (χ0) is 17.7. The SMILES string of the molecule is CCNc1nc2ccc(C(=O)NCCN(C(C)C)C(C)C)cc2s1. The second kappa shape index (κ2) is 8.44. The lowest BCUT2D eigenvalue weighted by atomic mass is 10.2. The van der Waals surface area contributed by atoms with Gasteiger partial charge in [0.1, 0.15) is 0 Å². The van der Waals surface area contributed by atoms with Gasteiger partial charge in [-0.1, -0.05) is 11.3 Å². The maximum atomic E-state index is 12.4. The van der Waals surface area contributed by atoms with Gasteiger partial charge in [0.05, 0.1) is 10.2 Å². The Morgan fingerprint density at radius 1 is 1.25 bits per heavy atom. The molecule has 2 N–H and O–H groups in total. The van der Waals surface area contributed by atoms with Crippen molar-refractivity contribution in [1.29, 1.82) is 0 Å². The van der Waals surface area contributed by atoms with Crippen molar-refractivity contribution in [1.82, 2.24) is 15.2 Å². The Balaban J connectivity index is 1.98. The van der Waals surface area contributed by atoms with E-state index in [2.05, 4.69) is 48.2 Å². The third kappa shape index (κ3) is 4.68. The van der Waals surface area contributed by atoms with Crippen LogP contribution in [0.3, 0.4) is 0 Å². The van der Waals surface area contributed by atoms with Gasteiger partial charge in [0.15, 0.2) is 5.13 Å². The van der Waals surface area contributed by atoms with Crippen LogP contribution in [-0.2, 0) is 0 Å². The molecule has 132 valence electrons. The fourth-order valence-corrected chi connectivity index (χ4v) is 3.78. The number of rotatable bonds is 8. The maximum Gasteiger partial charge on any atom is 0.251 e. The van der Waals surface area contributed by atoms with Gasteiger partial charge in [0, 0.05) is 37.3 Å². The van der Waals surface area contributed by atoms with E-state index in [0.29, 0.717) is 24.2 Å².